The Balaban J connectivity index is 1.84. The smallest absolute Gasteiger partial charge is 0.416 e. The van der Waals surface area contributed by atoms with E-state index in [1.54, 1.807) is 0 Å². The van der Waals surface area contributed by atoms with Crippen molar-refractivity contribution in [2.24, 2.45) is 5.92 Å². The molecule has 1 aliphatic rings. The summed E-state index contributed by atoms with van der Waals surface area (Å²) < 4.78 is 130. The van der Waals surface area contributed by atoms with E-state index < -0.39 is 41.3 Å². The molecule has 1 aromatic heterocycles. The van der Waals surface area contributed by atoms with Crippen molar-refractivity contribution >= 4 is 23.4 Å². The van der Waals surface area contributed by atoms with E-state index in [-0.39, 0.29) is 35.4 Å². The molecule has 0 saturated carbocycles. The second-order valence-corrected chi connectivity index (χ2v) is 12.2. The molecule has 0 aliphatic carbocycles. The zero-order chi connectivity index (χ0) is 33.9. The number of hydrogen-bond acceptors (Lipinski definition) is 6. The molecule has 4 rings (SSSR count). The molecule has 2 aromatic carbocycles. The Morgan fingerprint density at radius 2 is 1.43 bits per heavy atom. The van der Waals surface area contributed by atoms with Crippen molar-refractivity contribution in [3.8, 4) is 5.75 Å². The molecular formula is C31H33F9N4OS. The Morgan fingerprint density at radius 3 is 1.96 bits per heavy atom. The predicted molar refractivity (Wildman–Crippen MR) is 159 cm³/mol. The van der Waals surface area contributed by atoms with E-state index in [1.165, 1.54) is 42.0 Å². The number of anilines is 2. The van der Waals surface area contributed by atoms with Crippen molar-refractivity contribution in [2.75, 3.05) is 41.5 Å². The van der Waals surface area contributed by atoms with Gasteiger partial charge in [0.25, 0.3) is 0 Å². The van der Waals surface area contributed by atoms with Crippen molar-refractivity contribution in [2.45, 2.75) is 57.8 Å². The Labute approximate surface area is 265 Å². The number of thioether (sulfide) groups is 1. The fourth-order valence-electron chi connectivity index (χ4n) is 5.19. The fourth-order valence-corrected chi connectivity index (χ4v) is 5.44. The number of piperidine rings is 1. The molecule has 2 heterocycles. The highest BCUT2D eigenvalue weighted by molar-refractivity contribution is 7.98. The van der Waals surface area contributed by atoms with Gasteiger partial charge in [-0.1, -0.05) is 6.92 Å². The van der Waals surface area contributed by atoms with Gasteiger partial charge in [0.05, 0.1) is 41.7 Å². The average Bonchev–Trinajstić information content (AvgIpc) is 2.99. The molecule has 0 N–H and O–H groups in total. The molecule has 3 aromatic rings. The van der Waals surface area contributed by atoms with Crippen LogP contribution in [0.25, 0.3) is 0 Å². The molecule has 0 radical (unpaired) electrons. The topological polar surface area (TPSA) is 41.5 Å². The molecule has 46 heavy (non-hydrogen) atoms. The summed E-state index contributed by atoms with van der Waals surface area (Å²) in [6, 6.07) is 3.27. The third kappa shape index (κ3) is 8.91. The minimum Gasteiger partial charge on any atom is -0.489 e. The molecule has 1 unspecified atom stereocenters. The van der Waals surface area contributed by atoms with Crippen molar-refractivity contribution in [3.05, 3.63) is 76.6 Å². The van der Waals surface area contributed by atoms with E-state index >= 15 is 0 Å². The van der Waals surface area contributed by atoms with E-state index in [9.17, 15) is 39.5 Å². The predicted octanol–water partition coefficient (Wildman–Crippen LogP) is 9.28. The molecule has 252 valence electrons. The summed E-state index contributed by atoms with van der Waals surface area (Å²) in [5, 5.41) is 0. The first kappa shape index (κ1) is 35.5. The zero-order valence-electron chi connectivity index (χ0n) is 25.2. The average molecular weight is 681 g/mol. The minimum absolute atomic E-state index is 0.0278. The normalized spacial score (nSPS) is 15.6. The standard InChI is InChI=1S/C31H33F9N4OS/c1-19-6-8-43(9-7-19)27-5-4-23(29(32,33)34)14-22(27)18-44(28-41-16-26(17-42-28)45-10-11-46-3)20(2)21-12-24(30(35,36)37)15-25(13-21)31(38,39)40/h4-5,12-17,19-20H,6-11,18H2,1-3H3. The van der Waals surface area contributed by atoms with Crippen LogP contribution in [0.1, 0.15) is 60.5 Å². The number of halogens is 9. The highest BCUT2D eigenvalue weighted by Gasteiger charge is 2.38. The van der Waals surface area contributed by atoms with Crippen molar-refractivity contribution < 1.29 is 44.3 Å². The van der Waals surface area contributed by atoms with Gasteiger partial charge in [0.15, 0.2) is 5.75 Å². The first-order valence-electron chi connectivity index (χ1n) is 14.4. The number of nitrogens with zero attached hydrogens (tertiary/aromatic N) is 4. The summed E-state index contributed by atoms with van der Waals surface area (Å²) >= 11 is 1.53. The summed E-state index contributed by atoms with van der Waals surface area (Å²) in [6.45, 7) is 4.54. The number of ether oxygens (including phenoxy) is 1. The molecule has 5 nitrogen and oxygen atoms in total. The maximum Gasteiger partial charge on any atom is 0.416 e. The van der Waals surface area contributed by atoms with E-state index in [0.29, 0.717) is 49.2 Å². The van der Waals surface area contributed by atoms with Crippen molar-refractivity contribution in [1.82, 2.24) is 9.97 Å². The summed E-state index contributed by atoms with van der Waals surface area (Å²) in [7, 11) is 0. The van der Waals surface area contributed by atoms with Crippen LogP contribution in [0.15, 0.2) is 48.8 Å². The van der Waals surface area contributed by atoms with Gasteiger partial charge in [-0.3, -0.25) is 0 Å². The number of aromatic nitrogens is 2. The van der Waals surface area contributed by atoms with Crippen molar-refractivity contribution in [3.63, 3.8) is 0 Å². The van der Waals surface area contributed by atoms with E-state index in [1.807, 2.05) is 11.2 Å². The van der Waals surface area contributed by atoms with Crippen LogP contribution >= 0.6 is 11.8 Å². The van der Waals surface area contributed by atoms with E-state index in [2.05, 4.69) is 16.9 Å². The highest BCUT2D eigenvalue weighted by Crippen LogP contribution is 2.40. The molecular weight excluding hydrogens is 647 g/mol. The summed E-state index contributed by atoms with van der Waals surface area (Å²) in [6.07, 6.45) is -8.80. The highest BCUT2D eigenvalue weighted by atomic mass is 32.2. The summed E-state index contributed by atoms with van der Waals surface area (Å²) in [4.78, 5) is 11.8. The molecule has 1 saturated heterocycles. The molecule has 0 spiro atoms. The van der Waals surface area contributed by atoms with Gasteiger partial charge in [-0.05, 0) is 79.5 Å². The Hall–Kier alpha value is -3.36. The van der Waals surface area contributed by atoms with Gasteiger partial charge in [-0.15, -0.1) is 0 Å². The lowest BCUT2D eigenvalue weighted by molar-refractivity contribution is -0.143. The zero-order valence-corrected chi connectivity index (χ0v) is 26.0. The molecule has 0 bridgehead atoms. The van der Waals surface area contributed by atoms with Crippen molar-refractivity contribution in [1.29, 1.82) is 0 Å². The van der Waals surface area contributed by atoms with Crippen LogP contribution in [0.3, 0.4) is 0 Å². The van der Waals surface area contributed by atoms with Gasteiger partial charge in [-0.25, -0.2) is 9.97 Å². The fraction of sp³-hybridized carbons (Fsp3) is 0.484. The molecule has 1 fully saturated rings. The lowest BCUT2D eigenvalue weighted by Crippen LogP contribution is -2.35. The first-order valence-corrected chi connectivity index (χ1v) is 15.8. The number of hydrogen-bond donors (Lipinski definition) is 0. The molecule has 15 heteroatoms. The van der Waals surface area contributed by atoms with Gasteiger partial charge in [0.2, 0.25) is 5.95 Å². The lowest BCUT2D eigenvalue weighted by Gasteiger charge is -2.36. The third-order valence-corrected chi connectivity index (χ3v) is 8.43. The molecule has 0 amide bonds. The van der Waals surface area contributed by atoms with Gasteiger partial charge >= 0.3 is 18.5 Å². The molecule has 1 atom stereocenters. The Kier molecular flexibility index (Phi) is 10.9. The van der Waals surface area contributed by atoms with Crippen LogP contribution in [-0.4, -0.2) is 41.7 Å². The van der Waals surface area contributed by atoms with Gasteiger partial charge < -0.3 is 14.5 Å². The summed E-state index contributed by atoms with van der Waals surface area (Å²) in [5.74, 6) is 1.23. The first-order chi connectivity index (χ1) is 21.5. The van der Waals surface area contributed by atoms with E-state index in [0.717, 1.165) is 25.0 Å². The van der Waals surface area contributed by atoms with Crippen LogP contribution in [0.5, 0.6) is 5.75 Å². The maximum atomic E-state index is 13.9. The van der Waals surface area contributed by atoms with E-state index in [4.69, 9.17) is 4.74 Å². The number of alkyl halides is 9. The monoisotopic (exact) mass is 680 g/mol. The largest absolute Gasteiger partial charge is 0.489 e. The maximum absolute atomic E-state index is 13.9. The molecule has 1 aliphatic heterocycles. The minimum atomic E-state index is -5.09. The Morgan fingerprint density at radius 1 is 0.870 bits per heavy atom. The second-order valence-electron chi connectivity index (χ2n) is 11.2. The quantitative estimate of drug-likeness (QED) is 0.157. The van der Waals surface area contributed by atoms with Crippen LogP contribution in [-0.2, 0) is 25.1 Å². The van der Waals surface area contributed by atoms with Gasteiger partial charge in [-0.2, -0.15) is 51.3 Å². The van der Waals surface area contributed by atoms with Crippen LogP contribution < -0.4 is 14.5 Å². The van der Waals surface area contributed by atoms with Crippen LogP contribution in [0.2, 0.25) is 0 Å². The van der Waals surface area contributed by atoms with Crippen LogP contribution in [0, 0.1) is 5.92 Å². The lowest BCUT2D eigenvalue weighted by atomic mass is 9.96. The van der Waals surface area contributed by atoms with Gasteiger partial charge in [0.1, 0.15) is 0 Å². The Bertz CT molecular complexity index is 1420. The van der Waals surface area contributed by atoms with Gasteiger partial charge in [0, 0.05) is 31.1 Å². The van der Waals surface area contributed by atoms with Crippen LogP contribution in [0.4, 0.5) is 51.1 Å². The second kappa shape index (κ2) is 14.2. The third-order valence-electron chi connectivity index (χ3n) is 7.86. The number of rotatable bonds is 10. The number of benzene rings is 2. The summed E-state index contributed by atoms with van der Waals surface area (Å²) in [5.41, 5.74) is -3.68. The SMILES string of the molecule is CSCCOc1cnc(N(Cc2cc(C(F)(F)F)ccc2N2CCC(C)CC2)C(C)c2cc(C(F)(F)F)cc(C(F)(F)F)c2)nc1.